The van der Waals surface area contributed by atoms with Gasteiger partial charge >= 0.3 is 0 Å². The third-order valence-corrected chi connectivity index (χ3v) is 8.14. The van der Waals surface area contributed by atoms with Crippen LogP contribution in [0.1, 0.15) is 71.5 Å². The molecule has 0 atom stereocenters. The van der Waals surface area contributed by atoms with Gasteiger partial charge in [0.05, 0.1) is 31.2 Å². The van der Waals surface area contributed by atoms with E-state index in [-0.39, 0.29) is 24.0 Å². The van der Waals surface area contributed by atoms with E-state index < -0.39 is 0 Å². The molecule has 0 N–H and O–H groups in total. The fourth-order valence-corrected chi connectivity index (χ4v) is 6.11. The van der Waals surface area contributed by atoms with E-state index in [9.17, 15) is 14.9 Å². The summed E-state index contributed by atoms with van der Waals surface area (Å²) < 4.78 is 13.2. The van der Waals surface area contributed by atoms with Gasteiger partial charge in [0.25, 0.3) is 0 Å². The molecule has 0 spiro atoms. The van der Waals surface area contributed by atoms with E-state index in [4.69, 9.17) is 14.5 Å². The van der Waals surface area contributed by atoms with Crippen molar-refractivity contribution in [1.29, 1.82) is 5.26 Å². The first kappa shape index (κ1) is 25.8. The van der Waals surface area contributed by atoms with Crippen molar-refractivity contribution in [3.05, 3.63) is 52.8 Å². The number of hydrogen-bond acceptors (Lipinski definition) is 6. The molecule has 1 amide bonds. The number of likely N-dealkylation sites (tertiary alicyclic amines) is 1. The van der Waals surface area contributed by atoms with Gasteiger partial charge in [-0.3, -0.25) is 9.59 Å². The quantitative estimate of drug-likeness (QED) is 0.421. The highest BCUT2D eigenvalue weighted by Crippen LogP contribution is 2.40. The third-order valence-electron chi connectivity index (χ3n) is 8.14. The van der Waals surface area contributed by atoms with Gasteiger partial charge in [0.15, 0.2) is 5.78 Å². The van der Waals surface area contributed by atoms with Gasteiger partial charge in [-0.05, 0) is 55.4 Å². The van der Waals surface area contributed by atoms with Gasteiger partial charge in [0.1, 0.15) is 17.1 Å². The van der Waals surface area contributed by atoms with Crippen LogP contribution in [0.3, 0.4) is 0 Å². The van der Waals surface area contributed by atoms with Crippen LogP contribution in [0.15, 0.2) is 30.6 Å². The maximum atomic E-state index is 13.3. The summed E-state index contributed by atoms with van der Waals surface area (Å²) in [6, 6.07) is 6.92. The van der Waals surface area contributed by atoms with Gasteiger partial charge < -0.3 is 18.9 Å². The maximum Gasteiger partial charge on any atom is 0.225 e. The van der Waals surface area contributed by atoms with Crippen LogP contribution < -0.4 is 9.47 Å². The minimum atomic E-state index is -0.143. The second-order valence-electron chi connectivity index (χ2n) is 10.5. The minimum Gasteiger partial charge on any atom is -0.497 e. The fraction of sp³-hybridized carbons (Fsp3) is 0.467. The lowest BCUT2D eigenvalue weighted by atomic mass is 9.88. The van der Waals surface area contributed by atoms with E-state index in [1.54, 1.807) is 31.5 Å². The molecule has 198 valence electrons. The summed E-state index contributed by atoms with van der Waals surface area (Å²) in [6.45, 7) is 1.53. The van der Waals surface area contributed by atoms with Gasteiger partial charge in [-0.25, -0.2) is 4.98 Å². The fourth-order valence-electron chi connectivity index (χ4n) is 6.11. The summed E-state index contributed by atoms with van der Waals surface area (Å²) >= 11 is 0. The van der Waals surface area contributed by atoms with Crippen molar-refractivity contribution >= 4 is 22.7 Å². The van der Waals surface area contributed by atoms with Crippen LogP contribution in [0.5, 0.6) is 11.5 Å². The molecular weight excluding hydrogens is 480 g/mol. The largest absolute Gasteiger partial charge is 0.497 e. The number of Topliss-reactive ketones (excluding diaryl/α,β-unsaturated/α-hetero) is 1. The zero-order valence-electron chi connectivity index (χ0n) is 22.3. The summed E-state index contributed by atoms with van der Waals surface area (Å²) in [6.07, 6.45) is 10.1. The number of rotatable bonds is 7. The van der Waals surface area contributed by atoms with E-state index >= 15 is 0 Å². The predicted molar refractivity (Wildman–Crippen MR) is 144 cm³/mol. The molecule has 5 rings (SSSR count). The number of fused-ring (bicyclic) bond motifs is 1. The lowest BCUT2D eigenvalue weighted by Gasteiger charge is -2.33. The van der Waals surface area contributed by atoms with Crippen molar-refractivity contribution in [3.8, 4) is 17.6 Å². The van der Waals surface area contributed by atoms with Crippen molar-refractivity contribution in [2.75, 3.05) is 27.3 Å². The smallest absolute Gasteiger partial charge is 0.225 e. The van der Waals surface area contributed by atoms with Crippen LogP contribution in [0.4, 0.5) is 0 Å². The summed E-state index contributed by atoms with van der Waals surface area (Å²) in [7, 11) is 5.11. The molecule has 1 saturated carbocycles. The molecule has 1 saturated heterocycles. The Hall–Kier alpha value is -3.86. The number of aryl methyl sites for hydroxylation is 1. The van der Waals surface area contributed by atoms with E-state index in [0.717, 1.165) is 68.2 Å². The van der Waals surface area contributed by atoms with Crippen molar-refractivity contribution < 1.29 is 19.1 Å². The number of amides is 1. The molecule has 8 heteroatoms. The molecule has 0 radical (unpaired) electrons. The number of hydrogen-bond donors (Lipinski definition) is 0. The lowest BCUT2D eigenvalue weighted by Crippen LogP contribution is -2.40. The summed E-state index contributed by atoms with van der Waals surface area (Å²) in [4.78, 5) is 33.0. The zero-order chi connectivity index (χ0) is 26.8. The summed E-state index contributed by atoms with van der Waals surface area (Å²) in [5, 5.41) is 10.3. The first-order chi connectivity index (χ1) is 18.4. The standard InChI is InChI=1S/C30H34N4O4/c1-33-18-25(20-8-10-34(11-9-20)30(36)21-6-4-5-7-21)27-28(38-3)23(17-32-29(27)33)15-26(35)22-12-19(16-31)13-24(14-22)37-2/h12-14,17-18,20-21H,4-11,15H2,1-3H3. The maximum absolute atomic E-state index is 13.3. The van der Waals surface area contributed by atoms with E-state index in [1.165, 1.54) is 7.11 Å². The zero-order valence-corrected chi connectivity index (χ0v) is 22.3. The molecular formula is C30H34N4O4. The van der Waals surface area contributed by atoms with E-state index in [2.05, 4.69) is 17.2 Å². The van der Waals surface area contributed by atoms with Crippen LogP contribution in [0, 0.1) is 17.2 Å². The van der Waals surface area contributed by atoms with Crippen LogP contribution >= 0.6 is 0 Å². The number of nitrogens with zero attached hydrogens (tertiary/aromatic N) is 4. The number of ketones is 1. The second-order valence-corrected chi connectivity index (χ2v) is 10.5. The van der Waals surface area contributed by atoms with Gasteiger partial charge in [-0.1, -0.05) is 12.8 Å². The molecule has 2 aromatic heterocycles. The Morgan fingerprint density at radius 1 is 1.08 bits per heavy atom. The second kappa shape index (κ2) is 10.9. The number of ether oxygens (including phenoxy) is 2. The van der Waals surface area contributed by atoms with Crippen LogP contribution in [-0.4, -0.2) is 53.5 Å². The van der Waals surface area contributed by atoms with Crippen molar-refractivity contribution in [2.24, 2.45) is 13.0 Å². The monoisotopic (exact) mass is 514 g/mol. The number of piperidine rings is 1. The Kier molecular flexibility index (Phi) is 7.37. The Morgan fingerprint density at radius 2 is 1.82 bits per heavy atom. The summed E-state index contributed by atoms with van der Waals surface area (Å²) in [5.41, 5.74) is 3.45. The van der Waals surface area contributed by atoms with Gasteiger partial charge in [-0.2, -0.15) is 5.26 Å². The SMILES string of the molecule is COc1cc(C#N)cc(C(=O)Cc2cnc3c(c(C4CCN(C(=O)C5CCCC5)CC4)cn3C)c2OC)c1. The molecule has 8 nitrogen and oxygen atoms in total. The molecule has 3 aromatic rings. The molecule has 3 heterocycles. The molecule has 0 unspecified atom stereocenters. The highest BCUT2D eigenvalue weighted by molar-refractivity contribution is 6.00. The Bertz CT molecular complexity index is 1410. The highest BCUT2D eigenvalue weighted by atomic mass is 16.5. The number of nitriles is 1. The topological polar surface area (TPSA) is 97.5 Å². The van der Waals surface area contributed by atoms with Gasteiger partial charge in [-0.15, -0.1) is 0 Å². The average molecular weight is 515 g/mol. The number of benzene rings is 1. The van der Waals surface area contributed by atoms with E-state index in [1.807, 2.05) is 11.6 Å². The average Bonchev–Trinajstić information content (AvgIpc) is 3.61. The molecule has 0 bridgehead atoms. The normalized spacial score (nSPS) is 16.5. The number of carbonyl (C=O) groups excluding carboxylic acids is 2. The van der Waals surface area contributed by atoms with Crippen LogP contribution in [0.2, 0.25) is 0 Å². The number of methoxy groups -OCH3 is 2. The Balaban J connectivity index is 1.41. The van der Waals surface area contributed by atoms with Crippen LogP contribution in [0.25, 0.3) is 11.0 Å². The summed E-state index contributed by atoms with van der Waals surface area (Å²) in [5.74, 6) is 1.81. The lowest BCUT2D eigenvalue weighted by molar-refractivity contribution is -0.136. The third kappa shape index (κ3) is 4.85. The first-order valence-electron chi connectivity index (χ1n) is 13.4. The van der Waals surface area contributed by atoms with Gasteiger partial charge in [0.2, 0.25) is 5.91 Å². The molecule has 2 aliphatic rings. The Morgan fingerprint density at radius 3 is 2.47 bits per heavy atom. The minimum absolute atomic E-state index is 0.0901. The van der Waals surface area contributed by atoms with Gasteiger partial charge in [0, 0.05) is 56.0 Å². The van der Waals surface area contributed by atoms with Crippen molar-refractivity contribution in [1.82, 2.24) is 14.5 Å². The number of aromatic nitrogens is 2. The number of pyridine rings is 1. The molecule has 1 aromatic carbocycles. The predicted octanol–water partition coefficient (Wildman–Crippen LogP) is 4.78. The molecule has 2 fully saturated rings. The van der Waals surface area contributed by atoms with Crippen molar-refractivity contribution in [3.63, 3.8) is 0 Å². The molecule has 1 aliphatic heterocycles. The molecule has 38 heavy (non-hydrogen) atoms. The number of carbonyl (C=O) groups is 2. The Labute approximate surface area is 223 Å². The molecule has 1 aliphatic carbocycles. The van der Waals surface area contributed by atoms with Crippen LogP contribution in [-0.2, 0) is 18.3 Å². The first-order valence-corrected chi connectivity index (χ1v) is 13.4. The van der Waals surface area contributed by atoms with E-state index in [0.29, 0.717) is 34.1 Å². The highest BCUT2D eigenvalue weighted by Gasteiger charge is 2.32. The van der Waals surface area contributed by atoms with Crippen molar-refractivity contribution in [2.45, 2.75) is 50.9 Å².